The molecule has 1 fully saturated rings. The van der Waals surface area contributed by atoms with Crippen molar-refractivity contribution in [2.45, 2.75) is 52.1 Å². The second-order valence-corrected chi connectivity index (χ2v) is 6.00. The molecule has 2 atom stereocenters. The maximum atomic E-state index is 5.81. The molecular weight excluding hydrogens is 254 g/mol. The molecule has 1 aliphatic heterocycles. The van der Waals surface area contributed by atoms with Crippen LogP contribution in [-0.4, -0.2) is 22.1 Å². The topological polar surface area (TPSA) is 41.3 Å². The van der Waals surface area contributed by atoms with Gasteiger partial charge in [0.2, 0.25) is 0 Å². The average molecular weight is 277 g/mol. The van der Waals surface area contributed by atoms with Crippen molar-refractivity contribution in [1.82, 2.24) is 5.01 Å². The van der Waals surface area contributed by atoms with E-state index in [1.54, 1.807) is 0 Å². The minimum atomic E-state index is 0.444. The van der Waals surface area contributed by atoms with Crippen LogP contribution in [0.15, 0.2) is 18.2 Å². The number of nitrogens with one attached hydrogen (secondary N) is 1. The van der Waals surface area contributed by atoms with Crippen molar-refractivity contribution >= 4 is 22.9 Å². The standard InChI is InChI=1S/C15H23N3S/c1-10-7-8-13(15(16)19)14(9-10)17-18-11(2)5-4-6-12(18)3/h7-9,11-12,17H,4-6H2,1-3H3,(H2,16,19). The van der Waals surface area contributed by atoms with Gasteiger partial charge in [-0.15, -0.1) is 0 Å². The first kappa shape index (κ1) is 14.3. The molecule has 0 aliphatic carbocycles. The summed E-state index contributed by atoms with van der Waals surface area (Å²) in [5, 5.41) is 2.33. The molecule has 0 bridgehead atoms. The van der Waals surface area contributed by atoms with Crippen molar-refractivity contribution in [3.05, 3.63) is 29.3 Å². The van der Waals surface area contributed by atoms with Gasteiger partial charge < -0.3 is 11.2 Å². The molecular formula is C15H23N3S. The summed E-state index contributed by atoms with van der Waals surface area (Å²) in [7, 11) is 0. The summed E-state index contributed by atoms with van der Waals surface area (Å²) >= 11 is 5.14. The van der Waals surface area contributed by atoms with Crippen LogP contribution in [0.5, 0.6) is 0 Å². The summed E-state index contributed by atoms with van der Waals surface area (Å²) in [5.41, 5.74) is 12.5. The third-order valence-electron chi connectivity index (χ3n) is 3.88. The lowest BCUT2D eigenvalue weighted by Gasteiger charge is -2.39. The quantitative estimate of drug-likeness (QED) is 0.832. The first-order valence-electron chi connectivity index (χ1n) is 6.94. The molecule has 0 aromatic heterocycles. The molecule has 104 valence electrons. The molecule has 0 amide bonds. The predicted octanol–water partition coefficient (Wildman–Crippen LogP) is 3.22. The predicted molar refractivity (Wildman–Crippen MR) is 85.3 cm³/mol. The van der Waals surface area contributed by atoms with Crippen molar-refractivity contribution in [2.75, 3.05) is 5.43 Å². The molecule has 2 unspecified atom stereocenters. The Labute approximate surface area is 121 Å². The highest BCUT2D eigenvalue weighted by molar-refractivity contribution is 7.80. The number of aryl methyl sites for hydroxylation is 1. The second kappa shape index (κ2) is 5.88. The van der Waals surface area contributed by atoms with Gasteiger partial charge in [-0.1, -0.05) is 24.7 Å². The molecule has 3 nitrogen and oxygen atoms in total. The minimum absolute atomic E-state index is 0.444. The van der Waals surface area contributed by atoms with Crippen LogP contribution in [0, 0.1) is 6.92 Å². The van der Waals surface area contributed by atoms with Gasteiger partial charge in [0, 0.05) is 17.6 Å². The summed E-state index contributed by atoms with van der Waals surface area (Å²) in [6, 6.07) is 7.22. The molecule has 1 aliphatic rings. The minimum Gasteiger partial charge on any atom is -0.389 e. The van der Waals surface area contributed by atoms with Gasteiger partial charge in [-0.25, -0.2) is 5.01 Å². The first-order valence-corrected chi connectivity index (χ1v) is 7.35. The van der Waals surface area contributed by atoms with E-state index in [9.17, 15) is 0 Å². The second-order valence-electron chi connectivity index (χ2n) is 5.56. The van der Waals surface area contributed by atoms with Crippen molar-refractivity contribution in [2.24, 2.45) is 5.73 Å². The van der Waals surface area contributed by atoms with Crippen LogP contribution < -0.4 is 11.2 Å². The number of hydrogen-bond donors (Lipinski definition) is 2. The Kier molecular flexibility index (Phi) is 4.42. The molecule has 19 heavy (non-hydrogen) atoms. The molecule has 1 aromatic carbocycles. The SMILES string of the molecule is Cc1ccc(C(N)=S)c(NN2C(C)CCCC2C)c1. The Hall–Kier alpha value is -1.13. The average Bonchev–Trinajstić information content (AvgIpc) is 2.33. The van der Waals surface area contributed by atoms with Crippen LogP contribution in [0.3, 0.4) is 0 Å². The van der Waals surface area contributed by atoms with E-state index < -0.39 is 0 Å². The summed E-state index contributed by atoms with van der Waals surface area (Å²) < 4.78 is 0. The Balaban J connectivity index is 2.26. The fourth-order valence-corrected chi connectivity index (χ4v) is 2.92. The Morgan fingerprint density at radius 2 is 1.95 bits per heavy atom. The highest BCUT2D eigenvalue weighted by Gasteiger charge is 2.25. The number of nitrogens with zero attached hydrogens (tertiary/aromatic N) is 1. The van der Waals surface area contributed by atoms with Crippen LogP contribution in [-0.2, 0) is 0 Å². The van der Waals surface area contributed by atoms with Gasteiger partial charge >= 0.3 is 0 Å². The van der Waals surface area contributed by atoms with Crippen LogP contribution in [0.4, 0.5) is 5.69 Å². The molecule has 2 rings (SSSR count). The molecule has 1 heterocycles. The Morgan fingerprint density at radius 1 is 1.32 bits per heavy atom. The van der Waals surface area contributed by atoms with Crippen molar-refractivity contribution in [3.63, 3.8) is 0 Å². The van der Waals surface area contributed by atoms with E-state index in [0.717, 1.165) is 11.3 Å². The highest BCUT2D eigenvalue weighted by atomic mass is 32.1. The lowest BCUT2D eigenvalue weighted by molar-refractivity contribution is 0.136. The largest absolute Gasteiger partial charge is 0.389 e. The first-order chi connectivity index (χ1) is 8.99. The van der Waals surface area contributed by atoms with E-state index in [-0.39, 0.29) is 0 Å². The third kappa shape index (κ3) is 3.25. The number of piperidine rings is 1. The fraction of sp³-hybridized carbons (Fsp3) is 0.533. The van der Waals surface area contributed by atoms with Gasteiger partial charge in [-0.05, 0) is 51.3 Å². The van der Waals surface area contributed by atoms with Crippen LogP contribution in [0.2, 0.25) is 0 Å². The molecule has 0 saturated carbocycles. The third-order valence-corrected chi connectivity index (χ3v) is 4.10. The van der Waals surface area contributed by atoms with E-state index in [1.165, 1.54) is 24.8 Å². The summed E-state index contributed by atoms with van der Waals surface area (Å²) in [6.07, 6.45) is 3.76. The maximum absolute atomic E-state index is 5.81. The van der Waals surface area contributed by atoms with Gasteiger partial charge in [0.25, 0.3) is 0 Å². The molecule has 3 N–H and O–H groups in total. The number of hydrogen-bond acceptors (Lipinski definition) is 3. The van der Waals surface area contributed by atoms with E-state index in [2.05, 4.69) is 37.3 Å². The Bertz CT molecular complexity index is 462. The normalized spacial score (nSPS) is 24.2. The van der Waals surface area contributed by atoms with Crippen LogP contribution >= 0.6 is 12.2 Å². The maximum Gasteiger partial charge on any atom is 0.106 e. The van der Waals surface area contributed by atoms with E-state index in [4.69, 9.17) is 18.0 Å². The zero-order chi connectivity index (χ0) is 14.0. The van der Waals surface area contributed by atoms with Crippen molar-refractivity contribution in [1.29, 1.82) is 0 Å². The summed E-state index contributed by atoms with van der Waals surface area (Å²) in [6.45, 7) is 6.61. The summed E-state index contributed by atoms with van der Waals surface area (Å²) in [4.78, 5) is 0.444. The molecule has 0 spiro atoms. The van der Waals surface area contributed by atoms with Gasteiger partial charge in [0.05, 0.1) is 5.69 Å². The van der Waals surface area contributed by atoms with E-state index >= 15 is 0 Å². The number of thiocarbonyl (C=S) groups is 1. The summed E-state index contributed by atoms with van der Waals surface area (Å²) in [5.74, 6) is 0. The zero-order valence-electron chi connectivity index (χ0n) is 11.9. The van der Waals surface area contributed by atoms with E-state index in [0.29, 0.717) is 17.1 Å². The molecule has 1 saturated heterocycles. The smallest absolute Gasteiger partial charge is 0.106 e. The Morgan fingerprint density at radius 3 is 2.53 bits per heavy atom. The number of benzene rings is 1. The van der Waals surface area contributed by atoms with Gasteiger partial charge in [-0.3, -0.25) is 0 Å². The van der Waals surface area contributed by atoms with Crippen molar-refractivity contribution < 1.29 is 0 Å². The lowest BCUT2D eigenvalue weighted by Crippen LogP contribution is -2.47. The van der Waals surface area contributed by atoms with Crippen LogP contribution in [0.1, 0.15) is 44.2 Å². The fourth-order valence-electron chi connectivity index (χ4n) is 2.75. The van der Waals surface area contributed by atoms with Gasteiger partial charge in [0.15, 0.2) is 0 Å². The van der Waals surface area contributed by atoms with Gasteiger partial charge in [0.1, 0.15) is 4.99 Å². The lowest BCUT2D eigenvalue weighted by atomic mass is 9.99. The number of rotatable bonds is 3. The van der Waals surface area contributed by atoms with E-state index in [1.807, 2.05) is 12.1 Å². The highest BCUT2D eigenvalue weighted by Crippen LogP contribution is 2.25. The number of nitrogens with two attached hydrogens (primary N) is 1. The zero-order valence-corrected chi connectivity index (χ0v) is 12.8. The van der Waals surface area contributed by atoms with Gasteiger partial charge in [-0.2, -0.15) is 0 Å². The molecule has 0 radical (unpaired) electrons. The number of anilines is 1. The monoisotopic (exact) mass is 277 g/mol. The van der Waals surface area contributed by atoms with Crippen LogP contribution in [0.25, 0.3) is 0 Å². The van der Waals surface area contributed by atoms with Crippen molar-refractivity contribution in [3.8, 4) is 0 Å². The number of hydrazine groups is 1. The molecule has 1 aromatic rings. The molecule has 4 heteroatoms.